The summed E-state index contributed by atoms with van der Waals surface area (Å²) in [6.07, 6.45) is -2.11. The molecule has 0 radical (unpaired) electrons. The van der Waals surface area contributed by atoms with E-state index in [-0.39, 0.29) is 5.69 Å². The predicted molar refractivity (Wildman–Crippen MR) is 41.4 cm³/mol. The Kier molecular flexibility index (Phi) is 2.58. The molecule has 12 heavy (non-hydrogen) atoms. The minimum Gasteiger partial charge on any atom is -0.321 e. The SMILES string of the molecule is CCc1ccc(=O)[nH]c1C(F)F. The van der Waals surface area contributed by atoms with Crippen LogP contribution in [0.5, 0.6) is 0 Å². The molecule has 0 aliphatic rings. The number of pyridine rings is 1. The quantitative estimate of drug-likeness (QED) is 0.727. The summed E-state index contributed by atoms with van der Waals surface area (Å²) >= 11 is 0. The van der Waals surface area contributed by atoms with Crippen molar-refractivity contribution < 1.29 is 8.78 Å². The molecule has 1 N–H and O–H groups in total. The molecule has 0 saturated heterocycles. The first-order chi connectivity index (χ1) is 5.65. The zero-order valence-corrected chi connectivity index (χ0v) is 6.60. The fourth-order valence-corrected chi connectivity index (χ4v) is 1.02. The lowest BCUT2D eigenvalue weighted by atomic mass is 10.1. The Morgan fingerprint density at radius 3 is 2.67 bits per heavy atom. The molecule has 1 heterocycles. The van der Waals surface area contributed by atoms with Crippen LogP contribution < -0.4 is 5.56 Å². The van der Waals surface area contributed by atoms with Gasteiger partial charge in [-0.3, -0.25) is 4.79 Å². The summed E-state index contributed by atoms with van der Waals surface area (Å²) in [6, 6.07) is 2.69. The standard InChI is InChI=1S/C8H9F2NO/c1-2-5-3-4-6(12)11-7(5)8(9)10/h3-4,8H,2H2,1H3,(H,11,12). The van der Waals surface area contributed by atoms with E-state index in [0.717, 1.165) is 0 Å². The van der Waals surface area contributed by atoms with E-state index in [9.17, 15) is 13.6 Å². The van der Waals surface area contributed by atoms with Crippen molar-refractivity contribution in [2.45, 2.75) is 19.8 Å². The largest absolute Gasteiger partial charge is 0.321 e. The van der Waals surface area contributed by atoms with Crippen molar-refractivity contribution in [1.82, 2.24) is 4.98 Å². The Labute approximate surface area is 68.2 Å². The lowest BCUT2D eigenvalue weighted by molar-refractivity contribution is 0.144. The maximum absolute atomic E-state index is 12.2. The third-order valence-corrected chi connectivity index (χ3v) is 1.64. The molecule has 66 valence electrons. The molecule has 1 rings (SSSR count). The van der Waals surface area contributed by atoms with E-state index >= 15 is 0 Å². The van der Waals surface area contributed by atoms with E-state index in [4.69, 9.17) is 0 Å². The van der Waals surface area contributed by atoms with Gasteiger partial charge in [0.25, 0.3) is 6.43 Å². The molecule has 0 fully saturated rings. The molecule has 0 aromatic carbocycles. The number of nitrogens with one attached hydrogen (secondary N) is 1. The molecule has 0 saturated carbocycles. The van der Waals surface area contributed by atoms with Gasteiger partial charge in [-0.25, -0.2) is 8.78 Å². The number of aromatic amines is 1. The number of alkyl halides is 2. The smallest absolute Gasteiger partial charge is 0.278 e. The van der Waals surface area contributed by atoms with Gasteiger partial charge in [-0.2, -0.15) is 0 Å². The van der Waals surface area contributed by atoms with E-state index < -0.39 is 12.0 Å². The molecule has 1 aromatic rings. The molecular formula is C8H9F2NO. The van der Waals surface area contributed by atoms with Crippen molar-refractivity contribution in [3.05, 3.63) is 33.7 Å². The Balaban J connectivity index is 3.21. The molecular weight excluding hydrogens is 164 g/mol. The van der Waals surface area contributed by atoms with E-state index in [2.05, 4.69) is 4.98 Å². The van der Waals surface area contributed by atoms with Crippen LogP contribution in [0, 0.1) is 0 Å². The Morgan fingerprint density at radius 1 is 1.50 bits per heavy atom. The minimum absolute atomic E-state index is 0.259. The van der Waals surface area contributed by atoms with Crippen LogP contribution in [0.4, 0.5) is 8.78 Å². The molecule has 0 amide bonds. The van der Waals surface area contributed by atoms with Crippen molar-refractivity contribution in [3.63, 3.8) is 0 Å². The highest BCUT2D eigenvalue weighted by Gasteiger charge is 2.11. The highest BCUT2D eigenvalue weighted by Crippen LogP contribution is 2.18. The van der Waals surface area contributed by atoms with Gasteiger partial charge in [0.2, 0.25) is 5.56 Å². The number of aryl methyl sites for hydroxylation is 1. The second kappa shape index (κ2) is 3.47. The van der Waals surface area contributed by atoms with E-state index in [0.29, 0.717) is 12.0 Å². The van der Waals surface area contributed by atoms with Gasteiger partial charge in [0, 0.05) is 6.07 Å². The summed E-state index contributed by atoms with van der Waals surface area (Å²) in [7, 11) is 0. The van der Waals surface area contributed by atoms with Crippen molar-refractivity contribution in [1.29, 1.82) is 0 Å². The van der Waals surface area contributed by atoms with Crippen molar-refractivity contribution >= 4 is 0 Å². The zero-order chi connectivity index (χ0) is 9.14. The van der Waals surface area contributed by atoms with Crippen LogP contribution >= 0.6 is 0 Å². The van der Waals surface area contributed by atoms with Crippen LogP contribution in [0.15, 0.2) is 16.9 Å². The number of hydrogen-bond acceptors (Lipinski definition) is 1. The second-order valence-corrected chi connectivity index (χ2v) is 2.42. The summed E-state index contributed by atoms with van der Waals surface area (Å²) in [6.45, 7) is 1.76. The molecule has 0 unspecified atom stereocenters. The number of rotatable bonds is 2. The molecule has 0 spiro atoms. The van der Waals surface area contributed by atoms with Gasteiger partial charge >= 0.3 is 0 Å². The predicted octanol–water partition coefficient (Wildman–Crippen LogP) is 1.87. The highest BCUT2D eigenvalue weighted by atomic mass is 19.3. The van der Waals surface area contributed by atoms with Crippen molar-refractivity contribution in [2.75, 3.05) is 0 Å². The van der Waals surface area contributed by atoms with Gasteiger partial charge in [0.15, 0.2) is 0 Å². The number of aromatic nitrogens is 1. The molecule has 0 atom stereocenters. The molecule has 0 bridgehead atoms. The monoisotopic (exact) mass is 173 g/mol. The Morgan fingerprint density at radius 2 is 2.17 bits per heavy atom. The zero-order valence-electron chi connectivity index (χ0n) is 6.60. The Bertz CT molecular complexity index is 319. The summed E-state index contributed by atoms with van der Waals surface area (Å²) in [5.74, 6) is 0. The number of halogens is 2. The van der Waals surface area contributed by atoms with Crippen LogP contribution in [0.2, 0.25) is 0 Å². The first kappa shape index (κ1) is 8.90. The normalized spacial score (nSPS) is 10.7. The summed E-state index contributed by atoms with van der Waals surface area (Å²) in [5.41, 5.74) is -0.253. The van der Waals surface area contributed by atoms with E-state index in [1.807, 2.05) is 0 Å². The van der Waals surface area contributed by atoms with Crippen LogP contribution in [0.3, 0.4) is 0 Å². The average Bonchev–Trinajstić information content (AvgIpc) is 2.04. The van der Waals surface area contributed by atoms with Gasteiger partial charge in [-0.15, -0.1) is 0 Å². The first-order valence-corrected chi connectivity index (χ1v) is 3.65. The van der Waals surface area contributed by atoms with Gasteiger partial charge in [0.1, 0.15) is 0 Å². The van der Waals surface area contributed by atoms with Crippen LogP contribution in [-0.4, -0.2) is 4.98 Å². The van der Waals surface area contributed by atoms with Gasteiger partial charge in [-0.05, 0) is 12.0 Å². The topological polar surface area (TPSA) is 32.9 Å². The molecule has 0 aliphatic carbocycles. The number of H-pyrrole nitrogens is 1. The third-order valence-electron chi connectivity index (χ3n) is 1.64. The third kappa shape index (κ3) is 1.69. The van der Waals surface area contributed by atoms with Crippen molar-refractivity contribution in [3.8, 4) is 0 Å². The van der Waals surface area contributed by atoms with Gasteiger partial charge in [0.05, 0.1) is 5.69 Å². The van der Waals surface area contributed by atoms with Crippen LogP contribution in [0.1, 0.15) is 24.6 Å². The van der Waals surface area contributed by atoms with E-state index in [1.54, 1.807) is 6.92 Å². The maximum Gasteiger partial charge on any atom is 0.278 e. The van der Waals surface area contributed by atoms with Crippen LogP contribution in [-0.2, 0) is 6.42 Å². The lowest BCUT2D eigenvalue weighted by Crippen LogP contribution is -2.10. The fraction of sp³-hybridized carbons (Fsp3) is 0.375. The number of hydrogen-bond donors (Lipinski definition) is 1. The fourth-order valence-electron chi connectivity index (χ4n) is 1.02. The lowest BCUT2D eigenvalue weighted by Gasteiger charge is -2.04. The Hall–Kier alpha value is -1.19. The van der Waals surface area contributed by atoms with Gasteiger partial charge < -0.3 is 4.98 Å². The molecule has 1 aromatic heterocycles. The van der Waals surface area contributed by atoms with E-state index in [1.165, 1.54) is 12.1 Å². The second-order valence-electron chi connectivity index (χ2n) is 2.42. The van der Waals surface area contributed by atoms with Crippen molar-refractivity contribution in [2.24, 2.45) is 0 Å². The first-order valence-electron chi connectivity index (χ1n) is 3.65. The summed E-state index contributed by atoms with van der Waals surface area (Å²) in [5, 5.41) is 0. The molecule has 2 nitrogen and oxygen atoms in total. The summed E-state index contributed by atoms with van der Waals surface area (Å²) in [4.78, 5) is 12.8. The highest BCUT2D eigenvalue weighted by molar-refractivity contribution is 5.20. The average molecular weight is 173 g/mol. The minimum atomic E-state index is -2.60. The summed E-state index contributed by atoms with van der Waals surface area (Å²) < 4.78 is 24.4. The molecule has 0 aliphatic heterocycles. The maximum atomic E-state index is 12.2. The molecule has 4 heteroatoms. The van der Waals surface area contributed by atoms with Gasteiger partial charge in [-0.1, -0.05) is 13.0 Å². The van der Waals surface area contributed by atoms with Crippen LogP contribution in [0.25, 0.3) is 0 Å².